The lowest BCUT2D eigenvalue weighted by Crippen LogP contribution is -2.28. The van der Waals surface area contributed by atoms with Gasteiger partial charge in [-0.1, -0.05) is 24.3 Å². The Bertz CT molecular complexity index is 1420. The van der Waals surface area contributed by atoms with E-state index < -0.39 is 11.4 Å². The van der Waals surface area contributed by atoms with Crippen molar-refractivity contribution in [2.45, 2.75) is 26.2 Å². The summed E-state index contributed by atoms with van der Waals surface area (Å²) in [5.41, 5.74) is 3.31. The van der Waals surface area contributed by atoms with Crippen LogP contribution in [0.5, 0.6) is 11.5 Å². The maximum Gasteiger partial charge on any atom is 0.313 e. The number of carboxylic acids is 1. The predicted molar refractivity (Wildman–Crippen MR) is 134 cm³/mol. The third-order valence-electron chi connectivity index (χ3n) is 5.64. The number of aryl methyl sites for hydroxylation is 1. The molecule has 0 saturated carbocycles. The summed E-state index contributed by atoms with van der Waals surface area (Å²) in [5, 5.41) is 21.8. The summed E-state index contributed by atoms with van der Waals surface area (Å²) in [6, 6.07) is 23.8. The van der Waals surface area contributed by atoms with Crippen molar-refractivity contribution in [3.05, 3.63) is 95.8 Å². The van der Waals surface area contributed by atoms with Crippen molar-refractivity contribution in [3.63, 3.8) is 0 Å². The molecule has 2 N–H and O–H groups in total. The Morgan fingerprint density at radius 3 is 2.54 bits per heavy atom. The summed E-state index contributed by atoms with van der Waals surface area (Å²) in [6.07, 6.45) is 1.63. The number of carboxylic acid groups (broad SMARTS) is 1. The SMILES string of the molecule is Cc1ccc(Oc2ccnc(Nc3cccc(C(C)(C)C(=O)O)c3)c2)c(-c2ccc(C#N)cc2)n1. The summed E-state index contributed by atoms with van der Waals surface area (Å²) >= 11 is 0. The Morgan fingerprint density at radius 1 is 1.06 bits per heavy atom. The minimum absolute atomic E-state index is 0.549. The number of nitriles is 1. The van der Waals surface area contributed by atoms with E-state index in [1.54, 1.807) is 56.4 Å². The number of carbonyl (C=O) groups is 1. The van der Waals surface area contributed by atoms with Crippen molar-refractivity contribution >= 4 is 17.5 Å². The number of nitrogens with one attached hydrogen (secondary N) is 1. The van der Waals surface area contributed by atoms with Crippen LogP contribution in [-0.2, 0) is 10.2 Å². The van der Waals surface area contributed by atoms with Gasteiger partial charge in [-0.2, -0.15) is 5.26 Å². The molecule has 0 atom stereocenters. The summed E-state index contributed by atoms with van der Waals surface area (Å²) in [6.45, 7) is 5.25. The Labute approximate surface area is 203 Å². The van der Waals surface area contributed by atoms with E-state index in [1.165, 1.54) is 0 Å². The number of pyridine rings is 2. The molecule has 0 saturated heterocycles. The van der Waals surface area contributed by atoms with E-state index in [9.17, 15) is 9.90 Å². The van der Waals surface area contributed by atoms with Gasteiger partial charge in [0.1, 0.15) is 17.3 Å². The van der Waals surface area contributed by atoms with Gasteiger partial charge in [0.05, 0.1) is 17.0 Å². The lowest BCUT2D eigenvalue weighted by Gasteiger charge is -2.20. The van der Waals surface area contributed by atoms with Crippen molar-refractivity contribution in [1.82, 2.24) is 9.97 Å². The van der Waals surface area contributed by atoms with Gasteiger partial charge in [-0.15, -0.1) is 0 Å². The number of rotatable bonds is 7. The van der Waals surface area contributed by atoms with E-state index in [2.05, 4.69) is 21.4 Å². The largest absolute Gasteiger partial charge is 0.481 e. The molecule has 0 bridgehead atoms. The number of aromatic nitrogens is 2. The van der Waals surface area contributed by atoms with Crippen molar-refractivity contribution in [1.29, 1.82) is 5.26 Å². The Hall–Kier alpha value is -4.70. The maximum atomic E-state index is 11.6. The first-order chi connectivity index (χ1) is 16.8. The van der Waals surface area contributed by atoms with Gasteiger partial charge < -0.3 is 15.2 Å². The molecule has 0 unspecified atom stereocenters. The number of anilines is 2. The molecule has 4 rings (SSSR count). The predicted octanol–water partition coefficient (Wildman–Crippen LogP) is 6.22. The van der Waals surface area contributed by atoms with Crippen molar-refractivity contribution in [2.75, 3.05) is 5.32 Å². The van der Waals surface area contributed by atoms with E-state index in [1.807, 2.05) is 43.3 Å². The van der Waals surface area contributed by atoms with Gasteiger partial charge >= 0.3 is 5.97 Å². The van der Waals surface area contributed by atoms with Gasteiger partial charge in [0, 0.05) is 29.2 Å². The minimum atomic E-state index is -1.02. The van der Waals surface area contributed by atoms with Gasteiger partial charge in [0.25, 0.3) is 0 Å². The van der Waals surface area contributed by atoms with E-state index in [4.69, 9.17) is 10.00 Å². The second-order valence-electron chi connectivity index (χ2n) is 8.60. The van der Waals surface area contributed by atoms with Crippen LogP contribution in [-0.4, -0.2) is 21.0 Å². The summed E-state index contributed by atoms with van der Waals surface area (Å²) in [5.74, 6) is 0.786. The number of hydrogen-bond acceptors (Lipinski definition) is 6. The molecule has 4 aromatic rings. The zero-order chi connectivity index (χ0) is 25.0. The van der Waals surface area contributed by atoms with Crippen molar-refractivity contribution < 1.29 is 14.6 Å². The van der Waals surface area contributed by atoms with Crippen LogP contribution in [0, 0.1) is 18.3 Å². The molecule has 2 aromatic heterocycles. The van der Waals surface area contributed by atoms with Gasteiger partial charge in [-0.25, -0.2) is 9.97 Å². The van der Waals surface area contributed by atoms with Crippen molar-refractivity contribution in [2.24, 2.45) is 0 Å². The summed E-state index contributed by atoms with van der Waals surface area (Å²) < 4.78 is 6.18. The minimum Gasteiger partial charge on any atom is -0.481 e. The number of benzene rings is 2. The molecule has 0 amide bonds. The Balaban J connectivity index is 1.59. The highest BCUT2D eigenvalue weighted by molar-refractivity contribution is 5.81. The molecule has 0 aliphatic heterocycles. The fraction of sp³-hybridized carbons (Fsp3) is 0.143. The highest BCUT2D eigenvalue weighted by atomic mass is 16.5. The third kappa shape index (κ3) is 5.28. The van der Waals surface area contributed by atoms with Gasteiger partial charge in [-0.3, -0.25) is 4.79 Å². The molecule has 0 aliphatic rings. The van der Waals surface area contributed by atoms with Gasteiger partial charge in [0.15, 0.2) is 5.75 Å². The second kappa shape index (κ2) is 9.65. The highest BCUT2D eigenvalue weighted by Gasteiger charge is 2.29. The average molecular weight is 465 g/mol. The zero-order valence-corrected chi connectivity index (χ0v) is 19.6. The first-order valence-electron chi connectivity index (χ1n) is 11.0. The number of aliphatic carboxylic acids is 1. The van der Waals surface area contributed by atoms with E-state index in [-0.39, 0.29) is 0 Å². The summed E-state index contributed by atoms with van der Waals surface area (Å²) in [7, 11) is 0. The summed E-state index contributed by atoms with van der Waals surface area (Å²) in [4.78, 5) is 20.6. The molecule has 0 fully saturated rings. The third-order valence-corrected chi connectivity index (χ3v) is 5.64. The Kier molecular flexibility index (Phi) is 6.47. The van der Waals surface area contributed by atoms with Gasteiger partial charge in [-0.05, 0) is 68.8 Å². The van der Waals surface area contributed by atoms with Crippen LogP contribution in [0.1, 0.15) is 30.7 Å². The second-order valence-corrected chi connectivity index (χ2v) is 8.60. The lowest BCUT2D eigenvalue weighted by atomic mass is 9.84. The first-order valence-corrected chi connectivity index (χ1v) is 11.0. The van der Waals surface area contributed by atoms with Crippen LogP contribution in [0.3, 0.4) is 0 Å². The normalized spacial score (nSPS) is 10.9. The smallest absolute Gasteiger partial charge is 0.313 e. The quantitative estimate of drug-likeness (QED) is 0.334. The molecular formula is C28H24N4O3. The fourth-order valence-electron chi connectivity index (χ4n) is 3.46. The molecule has 2 aromatic carbocycles. The fourth-order valence-corrected chi connectivity index (χ4v) is 3.46. The van der Waals surface area contributed by atoms with Crippen LogP contribution in [0.15, 0.2) is 79.0 Å². The molecule has 0 spiro atoms. The molecule has 7 nitrogen and oxygen atoms in total. The topological polar surface area (TPSA) is 108 Å². The molecule has 35 heavy (non-hydrogen) atoms. The first kappa shape index (κ1) is 23.5. The molecule has 0 radical (unpaired) electrons. The lowest BCUT2D eigenvalue weighted by molar-refractivity contribution is -0.142. The standard InChI is InChI=1S/C28H24N4O3/c1-18-7-12-24(26(31-18)20-10-8-19(17-29)9-11-20)35-23-13-14-30-25(16-23)32-22-6-4-5-21(15-22)28(2,3)27(33)34/h4-16H,1-3H3,(H,30,32)(H,33,34). The monoisotopic (exact) mass is 464 g/mol. The van der Waals surface area contributed by atoms with E-state index in [0.717, 1.165) is 16.9 Å². The molecule has 0 aliphatic carbocycles. The number of hydrogen-bond donors (Lipinski definition) is 2. The van der Waals surface area contributed by atoms with Crippen LogP contribution in [0.2, 0.25) is 0 Å². The molecule has 174 valence electrons. The number of ether oxygens (including phenoxy) is 1. The van der Waals surface area contributed by atoms with Crippen LogP contribution >= 0.6 is 0 Å². The van der Waals surface area contributed by atoms with E-state index in [0.29, 0.717) is 34.1 Å². The zero-order valence-electron chi connectivity index (χ0n) is 19.6. The van der Waals surface area contributed by atoms with E-state index >= 15 is 0 Å². The van der Waals surface area contributed by atoms with Gasteiger partial charge in [0.2, 0.25) is 0 Å². The molecular weight excluding hydrogens is 440 g/mol. The van der Waals surface area contributed by atoms with Crippen LogP contribution in [0.25, 0.3) is 11.3 Å². The number of nitrogens with zero attached hydrogens (tertiary/aromatic N) is 3. The molecule has 7 heteroatoms. The van der Waals surface area contributed by atoms with Crippen molar-refractivity contribution in [3.8, 4) is 28.8 Å². The Morgan fingerprint density at radius 2 is 1.83 bits per heavy atom. The van der Waals surface area contributed by atoms with Crippen LogP contribution in [0.4, 0.5) is 11.5 Å². The molecule has 2 heterocycles. The highest BCUT2D eigenvalue weighted by Crippen LogP contribution is 2.33. The van der Waals surface area contributed by atoms with Crippen LogP contribution < -0.4 is 10.1 Å². The maximum absolute atomic E-state index is 11.6. The average Bonchev–Trinajstić information content (AvgIpc) is 2.85.